The van der Waals surface area contributed by atoms with Crippen molar-refractivity contribution in [1.29, 1.82) is 0 Å². The summed E-state index contributed by atoms with van der Waals surface area (Å²) in [6.07, 6.45) is 4.77. The molecule has 0 aliphatic rings. The lowest BCUT2D eigenvalue weighted by Crippen LogP contribution is -2.45. The van der Waals surface area contributed by atoms with Crippen molar-refractivity contribution in [3.8, 4) is 5.95 Å². The van der Waals surface area contributed by atoms with Crippen molar-refractivity contribution >= 4 is 17.8 Å². The summed E-state index contributed by atoms with van der Waals surface area (Å²) >= 11 is 0. The quantitative estimate of drug-likeness (QED) is 0.402. The number of nitrogens with two attached hydrogens (primary N) is 2. The van der Waals surface area contributed by atoms with Crippen LogP contribution in [0.25, 0.3) is 5.95 Å². The Bertz CT molecular complexity index is 607. The maximum absolute atomic E-state index is 11.3. The van der Waals surface area contributed by atoms with Crippen LogP contribution in [0.5, 0.6) is 0 Å². The molecule has 0 saturated heterocycles. The molecule has 10 nitrogen and oxygen atoms in total. The lowest BCUT2D eigenvalue weighted by atomic mass is 10.1. The molecule has 0 aliphatic carbocycles. The van der Waals surface area contributed by atoms with Gasteiger partial charge in [0.2, 0.25) is 23.8 Å². The van der Waals surface area contributed by atoms with E-state index < -0.39 is 11.4 Å². The molecule has 2 heterocycles. The molecule has 0 saturated carbocycles. The molecule has 20 heavy (non-hydrogen) atoms. The largest absolute Gasteiger partial charge is 0.368 e. The Morgan fingerprint density at radius 3 is 2.55 bits per heavy atom. The molecule has 0 aromatic carbocycles. The number of imidazole rings is 1. The van der Waals surface area contributed by atoms with E-state index in [0.29, 0.717) is 5.95 Å². The van der Waals surface area contributed by atoms with Crippen LogP contribution in [0, 0.1) is 0 Å². The first-order chi connectivity index (χ1) is 9.42. The molecule has 0 fully saturated rings. The number of aromatic nitrogens is 5. The van der Waals surface area contributed by atoms with E-state index in [-0.39, 0.29) is 11.9 Å². The van der Waals surface area contributed by atoms with Gasteiger partial charge in [-0.3, -0.25) is 14.8 Å². The van der Waals surface area contributed by atoms with Crippen molar-refractivity contribution in [3.63, 3.8) is 0 Å². The maximum atomic E-state index is 11.3. The third kappa shape index (κ3) is 2.80. The summed E-state index contributed by atoms with van der Waals surface area (Å²) in [5.41, 5.74) is 6.61. The molecule has 2 aromatic rings. The highest BCUT2D eigenvalue weighted by Crippen LogP contribution is 2.13. The second-order valence-electron chi connectivity index (χ2n) is 4.51. The Hall–Kier alpha value is -2.75. The Balaban J connectivity index is 2.39. The summed E-state index contributed by atoms with van der Waals surface area (Å²) in [6, 6.07) is 0. The molecular formula is C10H15N9O. The number of carbonyl (C=O) groups excluding carboxylic acids is 1. The highest BCUT2D eigenvalue weighted by atomic mass is 16.1. The Kier molecular flexibility index (Phi) is 3.48. The second-order valence-corrected chi connectivity index (χ2v) is 4.51. The summed E-state index contributed by atoms with van der Waals surface area (Å²) in [6.45, 7) is 3.23. The van der Waals surface area contributed by atoms with E-state index in [9.17, 15) is 4.79 Å². The highest BCUT2D eigenvalue weighted by molar-refractivity contribution is 5.86. The van der Waals surface area contributed by atoms with Crippen molar-refractivity contribution < 1.29 is 4.79 Å². The molecule has 106 valence electrons. The van der Waals surface area contributed by atoms with Gasteiger partial charge in [-0.05, 0) is 13.8 Å². The topological polar surface area (TPSA) is 150 Å². The van der Waals surface area contributed by atoms with Crippen LogP contribution in [0.15, 0.2) is 18.7 Å². The minimum absolute atomic E-state index is 0.145. The van der Waals surface area contributed by atoms with Crippen LogP contribution in [0.3, 0.4) is 0 Å². The van der Waals surface area contributed by atoms with E-state index >= 15 is 0 Å². The molecule has 1 amide bonds. The predicted octanol–water partition coefficient (Wildman–Crippen LogP) is -0.981. The zero-order valence-electron chi connectivity index (χ0n) is 11.0. The van der Waals surface area contributed by atoms with Crippen molar-refractivity contribution in [2.75, 3.05) is 10.7 Å². The minimum Gasteiger partial charge on any atom is -0.368 e. The van der Waals surface area contributed by atoms with Crippen LogP contribution in [0.2, 0.25) is 0 Å². The number of primary amides is 1. The summed E-state index contributed by atoms with van der Waals surface area (Å²) in [5.74, 6) is 5.39. The van der Waals surface area contributed by atoms with E-state index in [4.69, 9.17) is 11.6 Å². The average Bonchev–Trinajstić information content (AvgIpc) is 2.91. The Labute approximate surface area is 114 Å². The zero-order chi connectivity index (χ0) is 14.8. The van der Waals surface area contributed by atoms with Crippen molar-refractivity contribution in [2.45, 2.75) is 19.4 Å². The van der Waals surface area contributed by atoms with Gasteiger partial charge in [-0.1, -0.05) is 0 Å². The van der Waals surface area contributed by atoms with Crippen LogP contribution < -0.4 is 22.3 Å². The van der Waals surface area contributed by atoms with Crippen molar-refractivity contribution in [1.82, 2.24) is 24.5 Å². The Morgan fingerprint density at radius 1 is 1.30 bits per heavy atom. The molecule has 0 unspecified atom stereocenters. The van der Waals surface area contributed by atoms with Crippen LogP contribution in [0.4, 0.5) is 11.9 Å². The molecule has 6 N–H and O–H groups in total. The fraction of sp³-hybridized carbons (Fsp3) is 0.300. The van der Waals surface area contributed by atoms with E-state index in [2.05, 4.69) is 30.7 Å². The van der Waals surface area contributed by atoms with Gasteiger partial charge in [0, 0.05) is 12.4 Å². The van der Waals surface area contributed by atoms with Gasteiger partial charge in [0.25, 0.3) is 0 Å². The fourth-order valence-corrected chi connectivity index (χ4v) is 1.32. The first-order valence-electron chi connectivity index (χ1n) is 5.71. The first kappa shape index (κ1) is 13.7. The Morgan fingerprint density at radius 2 is 2.00 bits per heavy atom. The number of nitrogen functional groups attached to an aromatic ring is 1. The molecule has 0 atom stereocenters. The van der Waals surface area contributed by atoms with E-state index in [1.807, 2.05) is 0 Å². The molecule has 2 aromatic heterocycles. The monoisotopic (exact) mass is 277 g/mol. The molecule has 0 aliphatic heterocycles. The van der Waals surface area contributed by atoms with Gasteiger partial charge in [-0.25, -0.2) is 10.8 Å². The van der Waals surface area contributed by atoms with Crippen LogP contribution >= 0.6 is 0 Å². The summed E-state index contributed by atoms with van der Waals surface area (Å²) in [7, 11) is 0. The number of amides is 1. The molecule has 2 rings (SSSR count). The number of nitrogens with zero attached hydrogens (tertiary/aromatic N) is 5. The van der Waals surface area contributed by atoms with Gasteiger partial charge in [-0.15, -0.1) is 0 Å². The molecule has 10 heteroatoms. The number of carbonyl (C=O) groups is 1. The van der Waals surface area contributed by atoms with Gasteiger partial charge >= 0.3 is 0 Å². The average molecular weight is 277 g/mol. The standard InChI is InChI=1S/C10H15N9O/c1-10(2,6(11)20)17-7-14-8(18-12)16-9(15-7)19-4-3-13-5-19/h3-5H,12H2,1-2H3,(H2,11,20)(H2,14,15,16,17,18). The van der Waals surface area contributed by atoms with Gasteiger partial charge < -0.3 is 11.1 Å². The molecular weight excluding hydrogens is 262 g/mol. The van der Waals surface area contributed by atoms with E-state index in [0.717, 1.165) is 0 Å². The van der Waals surface area contributed by atoms with Crippen LogP contribution in [0.1, 0.15) is 13.8 Å². The number of anilines is 2. The minimum atomic E-state index is -1.01. The fourth-order valence-electron chi connectivity index (χ4n) is 1.32. The summed E-state index contributed by atoms with van der Waals surface area (Å²) < 4.78 is 1.57. The van der Waals surface area contributed by atoms with Gasteiger partial charge in [0.05, 0.1) is 0 Å². The van der Waals surface area contributed by atoms with Gasteiger partial charge in [0.15, 0.2) is 0 Å². The van der Waals surface area contributed by atoms with E-state index in [1.54, 1.807) is 30.8 Å². The third-order valence-corrected chi connectivity index (χ3v) is 2.53. The number of hydrogen-bond acceptors (Lipinski definition) is 8. The zero-order valence-corrected chi connectivity index (χ0v) is 11.0. The number of nitrogens with one attached hydrogen (secondary N) is 2. The maximum Gasteiger partial charge on any atom is 0.243 e. The van der Waals surface area contributed by atoms with Crippen LogP contribution in [-0.4, -0.2) is 35.9 Å². The number of rotatable bonds is 5. The van der Waals surface area contributed by atoms with Gasteiger partial charge in [0.1, 0.15) is 11.9 Å². The van der Waals surface area contributed by atoms with Crippen LogP contribution in [-0.2, 0) is 4.79 Å². The highest BCUT2D eigenvalue weighted by Gasteiger charge is 2.26. The van der Waals surface area contributed by atoms with E-state index in [1.165, 1.54) is 6.33 Å². The molecule has 0 spiro atoms. The summed E-state index contributed by atoms with van der Waals surface area (Å²) in [4.78, 5) is 27.5. The molecule has 0 radical (unpaired) electrons. The predicted molar refractivity (Wildman–Crippen MR) is 71.7 cm³/mol. The smallest absolute Gasteiger partial charge is 0.243 e. The normalized spacial score (nSPS) is 11.2. The molecule has 0 bridgehead atoms. The lowest BCUT2D eigenvalue weighted by Gasteiger charge is -2.22. The number of hydrazine groups is 1. The SMILES string of the molecule is CC(C)(Nc1nc(NN)nc(-n2ccnc2)n1)C(N)=O. The van der Waals surface area contributed by atoms with Gasteiger partial charge in [-0.2, -0.15) is 15.0 Å². The summed E-state index contributed by atoms with van der Waals surface area (Å²) in [5, 5.41) is 2.83. The third-order valence-electron chi connectivity index (χ3n) is 2.53. The van der Waals surface area contributed by atoms with Crippen molar-refractivity contribution in [3.05, 3.63) is 18.7 Å². The second kappa shape index (κ2) is 5.09. The van der Waals surface area contributed by atoms with Crippen molar-refractivity contribution in [2.24, 2.45) is 11.6 Å². The number of hydrogen-bond donors (Lipinski definition) is 4. The lowest BCUT2D eigenvalue weighted by molar-refractivity contribution is -0.121. The first-order valence-corrected chi connectivity index (χ1v) is 5.71.